The van der Waals surface area contributed by atoms with Crippen LogP contribution in [0.3, 0.4) is 0 Å². The van der Waals surface area contributed by atoms with Crippen molar-refractivity contribution in [1.29, 1.82) is 0 Å². The second-order valence-electron chi connectivity index (χ2n) is 18.6. The molecule has 0 saturated carbocycles. The van der Waals surface area contributed by atoms with Gasteiger partial charge in [0.2, 0.25) is 0 Å². The van der Waals surface area contributed by atoms with E-state index in [1.54, 1.807) is 0 Å². The van der Waals surface area contributed by atoms with Crippen molar-refractivity contribution in [1.82, 2.24) is 0 Å². The fraction of sp³-hybridized carbons (Fsp3) is 0.0625. The minimum absolute atomic E-state index is 0.0769. The predicted molar refractivity (Wildman–Crippen MR) is 295 cm³/mol. The normalized spacial score (nSPS) is 12.8. The van der Waals surface area contributed by atoms with Crippen molar-refractivity contribution in [2.45, 2.75) is 26.2 Å². The van der Waals surface area contributed by atoms with Gasteiger partial charge in [-0.25, -0.2) is 0 Å². The van der Waals surface area contributed by atoms with E-state index in [0.717, 1.165) is 34.1 Å². The second-order valence-corrected chi connectivity index (χ2v) is 20.7. The molecule has 2 aromatic heterocycles. The molecule has 0 bridgehead atoms. The van der Waals surface area contributed by atoms with Crippen LogP contribution in [0.25, 0.3) is 73.7 Å². The second kappa shape index (κ2) is 16.0. The van der Waals surface area contributed by atoms with Gasteiger partial charge in [-0.1, -0.05) is 153 Å². The summed E-state index contributed by atoms with van der Waals surface area (Å²) in [5.74, 6) is 0. The fourth-order valence-electron chi connectivity index (χ4n) is 10.9. The van der Waals surface area contributed by atoms with E-state index in [2.05, 4.69) is 255 Å². The number of para-hydroxylation sites is 2. The molecule has 1 aliphatic rings. The SMILES string of the molecule is Cc1ccc(N(c2ccccc2)c2ccc3sc4ccccc4c3c2-c2cccc(-c3cc(N(c4ccccc4)c4ccc5c(c4)-c4ccccc4C5(C)C)cc4c3sc3ccccc34)c2)cc1. The van der Waals surface area contributed by atoms with Crippen LogP contribution in [0.2, 0.25) is 0 Å². The summed E-state index contributed by atoms with van der Waals surface area (Å²) in [6.45, 7) is 6.87. The molecule has 0 atom stereocenters. The van der Waals surface area contributed by atoms with Crippen LogP contribution in [0.4, 0.5) is 34.1 Å². The first-order valence-corrected chi connectivity index (χ1v) is 25.0. The monoisotopic (exact) mass is 906 g/mol. The molecular formula is C64H46N2S2. The van der Waals surface area contributed by atoms with Gasteiger partial charge in [0.15, 0.2) is 0 Å². The van der Waals surface area contributed by atoms with E-state index in [0.29, 0.717) is 0 Å². The van der Waals surface area contributed by atoms with E-state index in [9.17, 15) is 0 Å². The van der Waals surface area contributed by atoms with Crippen LogP contribution >= 0.6 is 22.7 Å². The molecule has 4 heteroatoms. The first-order valence-electron chi connectivity index (χ1n) is 23.4. The predicted octanol–water partition coefficient (Wildman–Crippen LogP) is 19.3. The van der Waals surface area contributed by atoms with Gasteiger partial charge >= 0.3 is 0 Å². The molecule has 0 radical (unpaired) electrons. The van der Waals surface area contributed by atoms with Gasteiger partial charge < -0.3 is 9.80 Å². The zero-order valence-corrected chi connectivity index (χ0v) is 39.7. The molecule has 0 spiro atoms. The molecule has 0 fully saturated rings. The molecule has 324 valence electrons. The van der Waals surface area contributed by atoms with Gasteiger partial charge in [0.05, 0.1) is 5.69 Å². The van der Waals surface area contributed by atoms with Crippen LogP contribution in [0.5, 0.6) is 0 Å². The molecule has 12 aromatic rings. The zero-order chi connectivity index (χ0) is 45.5. The number of hydrogen-bond acceptors (Lipinski definition) is 4. The Morgan fingerprint density at radius 2 is 0.971 bits per heavy atom. The summed E-state index contributed by atoms with van der Waals surface area (Å²) in [6.07, 6.45) is 0. The maximum absolute atomic E-state index is 2.46. The van der Waals surface area contributed by atoms with Crippen LogP contribution in [-0.2, 0) is 5.41 Å². The number of aryl methyl sites for hydroxylation is 1. The Balaban J connectivity index is 1.06. The number of fused-ring (bicyclic) bond motifs is 9. The third-order valence-corrected chi connectivity index (χ3v) is 16.4. The summed E-state index contributed by atoms with van der Waals surface area (Å²) in [5, 5.41) is 5.10. The Morgan fingerprint density at radius 3 is 1.75 bits per heavy atom. The molecular weight excluding hydrogens is 861 g/mol. The van der Waals surface area contributed by atoms with Crippen molar-refractivity contribution >= 4 is 97.1 Å². The molecule has 1 aliphatic carbocycles. The average Bonchev–Trinajstić information content (AvgIpc) is 4.03. The number of nitrogens with zero attached hydrogens (tertiary/aromatic N) is 2. The molecule has 10 aromatic carbocycles. The third-order valence-electron chi connectivity index (χ3n) is 14.1. The maximum atomic E-state index is 2.46. The summed E-state index contributed by atoms with van der Waals surface area (Å²) in [5.41, 5.74) is 18.1. The number of anilines is 6. The summed E-state index contributed by atoms with van der Waals surface area (Å²) < 4.78 is 5.14. The van der Waals surface area contributed by atoms with E-state index in [1.807, 2.05) is 22.7 Å². The molecule has 0 aliphatic heterocycles. The minimum Gasteiger partial charge on any atom is -0.310 e. The Kier molecular flexibility index (Phi) is 9.50. The Hall–Kier alpha value is -7.76. The lowest BCUT2D eigenvalue weighted by molar-refractivity contribution is 0.660. The quantitative estimate of drug-likeness (QED) is 0.150. The molecule has 2 heterocycles. The third kappa shape index (κ3) is 6.51. The number of thiophene rings is 2. The van der Waals surface area contributed by atoms with Crippen molar-refractivity contribution in [2.75, 3.05) is 9.80 Å². The average molecular weight is 907 g/mol. The van der Waals surface area contributed by atoms with Crippen LogP contribution in [0, 0.1) is 6.92 Å². The lowest BCUT2D eigenvalue weighted by atomic mass is 9.82. The minimum atomic E-state index is -0.0769. The van der Waals surface area contributed by atoms with Crippen molar-refractivity contribution in [2.24, 2.45) is 0 Å². The summed E-state index contributed by atoms with van der Waals surface area (Å²) in [4.78, 5) is 4.90. The number of hydrogen-bond donors (Lipinski definition) is 0. The maximum Gasteiger partial charge on any atom is 0.0547 e. The highest BCUT2D eigenvalue weighted by molar-refractivity contribution is 7.26. The van der Waals surface area contributed by atoms with Crippen molar-refractivity contribution in [3.63, 3.8) is 0 Å². The van der Waals surface area contributed by atoms with Gasteiger partial charge in [-0.05, 0) is 131 Å². The van der Waals surface area contributed by atoms with E-state index in [-0.39, 0.29) is 5.41 Å². The first-order chi connectivity index (χ1) is 33.4. The molecule has 0 amide bonds. The Labute approximate surface area is 405 Å². The van der Waals surface area contributed by atoms with Crippen LogP contribution in [0.1, 0.15) is 30.5 Å². The Morgan fingerprint density at radius 1 is 0.368 bits per heavy atom. The van der Waals surface area contributed by atoms with Gasteiger partial charge in [-0.15, -0.1) is 22.7 Å². The first kappa shape index (κ1) is 40.5. The standard InChI is InChI=1S/C64H46N2S2/c1-41-29-31-46(32-30-41)66(45-21-8-5-9-22-45)57-35-36-60-62(51-25-12-15-28-59(51)67-60)61(57)43-18-16-17-42(37-43)52-39-48(40-54-50-24-11-14-27-58(50)68-63(52)54)65(44-19-6-4-7-20-44)47-33-34-56-53(38-47)49-23-10-13-26-55(49)64(56,2)3/h4-40H,1-3H3. The summed E-state index contributed by atoms with van der Waals surface area (Å²) >= 11 is 3.76. The smallest absolute Gasteiger partial charge is 0.0547 e. The summed E-state index contributed by atoms with van der Waals surface area (Å²) in [6, 6.07) is 83.4. The topological polar surface area (TPSA) is 6.48 Å². The van der Waals surface area contributed by atoms with Crippen molar-refractivity contribution in [3.05, 3.63) is 241 Å². The lowest BCUT2D eigenvalue weighted by Gasteiger charge is -2.29. The Bertz CT molecular complexity index is 3900. The van der Waals surface area contributed by atoms with Gasteiger partial charge in [0, 0.05) is 85.3 Å². The van der Waals surface area contributed by atoms with Crippen LogP contribution < -0.4 is 9.80 Å². The molecule has 0 saturated heterocycles. The highest BCUT2D eigenvalue weighted by atomic mass is 32.1. The number of rotatable bonds is 8. The van der Waals surface area contributed by atoms with Gasteiger partial charge in [-0.2, -0.15) is 0 Å². The summed E-state index contributed by atoms with van der Waals surface area (Å²) in [7, 11) is 0. The molecule has 13 rings (SSSR count). The van der Waals surface area contributed by atoms with Crippen molar-refractivity contribution in [3.8, 4) is 33.4 Å². The fourth-order valence-corrected chi connectivity index (χ4v) is 13.2. The largest absolute Gasteiger partial charge is 0.310 e. The molecule has 68 heavy (non-hydrogen) atoms. The van der Waals surface area contributed by atoms with Crippen LogP contribution in [-0.4, -0.2) is 0 Å². The van der Waals surface area contributed by atoms with Gasteiger partial charge in [0.25, 0.3) is 0 Å². The molecule has 0 N–H and O–H groups in total. The van der Waals surface area contributed by atoms with E-state index < -0.39 is 0 Å². The number of benzene rings is 10. The van der Waals surface area contributed by atoms with Gasteiger partial charge in [-0.3, -0.25) is 0 Å². The van der Waals surface area contributed by atoms with Crippen molar-refractivity contribution < 1.29 is 0 Å². The lowest BCUT2D eigenvalue weighted by Crippen LogP contribution is -2.15. The van der Waals surface area contributed by atoms with E-state index in [1.165, 1.54) is 90.4 Å². The van der Waals surface area contributed by atoms with Gasteiger partial charge in [0.1, 0.15) is 0 Å². The zero-order valence-electron chi connectivity index (χ0n) is 38.1. The highest BCUT2D eigenvalue weighted by Crippen LogP contribution is 2.53. The van der Waals surface area contributed by atoms with E-state index in [4.69, 9.17) is 0 Å². The molecule has 0 unspecified atom stereocenters. The highest BCUT2D eigenvalue weighted by Gasteiger charge is 2.35. The van der Waals surface area contributed by atoms with Crippen LogP contribution in [0.15, 0.2) is 224 Å². The molecule has 2 nitrogen and oxygen atoms in total. The van der Waals surface area contributed by atoms with E-state index >= 15 is 0 Å².